The number of benzene rings is 3. The summed E-state index contributed by atoms with van der Waals surface area (Å²) in [5, 5.41) is 3.37. The van der Waals surface area contributed by atoms with E-state index in [2.05, 4.69) is 5.32 Å². The quantitative estimate of drug-likeness (QED) is 0.242. The summed E-state index contributed by atoms with van der Waals surface area (Å²) in [4.78, 5) is 29.0. The normalized spacial score (nSPS) is 12.7. The zero-order valence-corrected chi connectivity index (χ0v) is 26.4. The van der Waals surface area contributed by atoms with E-state index in [-0.39, 0.29) is 29.1 Å². The Morgan fingerprint density at radius 3 is 2.07 bits per heavy atom. The minimum Gasteiger partial charge on any atom is -0.494 e. The Bertz CT molecular complexity index is 1430. The molecule has 0 saturated carbocycles. The highest BCUT2D eigenvalue weighted by molar-refractivity contribution is 7.92. The van der Waals surface area contributed by atoms with Crippen molar-refractivity contribution in [1.29, 1.82) is 0 Å². The highest BCUT2D eigenvalue weighted by Gasteiger charge is 2.34. The third-order valence-corrected chi connectivity index (χ3v) is 9.02. The van der Waals surface area contributed by atoms with Crippen LogP contribution in [0.2, 0.25) is 5.02 Å². The first-order chi connectivity index (χ1) is 20.0. The maximum atomic E-state index is 14.2. The van der Waals surface area contributed by atoms with Crippen molar-refractivity contribution < 1.29 is 22.7 Å². The predicted molar refractivity (Wildman–Crippen MR) is 167 cm³/mol. The Labute approximate surface area is 254 Å². The number of carbonyl (C=O) groups is 2. The van der Waals surface area contributed by atoms with E-state index in [1.807, 2.05) is 58.9 Å². The summed E-state index contributed by atoms with van der Waals surface area (Å²) in [7, 11) is -4.19. The molecule has 1 N–H and O–H groups in total. The zero-order chi connectivity index (χ0) is 30.9. The fraction of sp³-hybridized carbons (Fsp3) is 0.375. The predicted octanol–water partition coefficient (Wildman–Crippen LogP) is 5.96. The van der Waals surface area contributed by atoms with Crippen molar-refractivity contribution in [3.05, 3.63) is 88.9 Å². The van der Waals surface area contributed by atoms with Gasteiger partial charge in [-0.3, -0.25) is 13.9 Å². The molecule has 8 nitrogen and oxygen atoms in total. The largest absolute Gasteiger partial charge is 0.494 e. The van der Waals surface area contributed by atoms with Crippen LogP contribution in [0.25, 0.3) is 0 Å². The third kappa shape index (κ3) is 8.49. The molecule has 42 heavy (non-hydrogen) atoms. The van der Waals surface area contributed by atoms with E-state index in [9.17, 15) is 18.0 Å². The van der Waals surface area contributed by atoms with Gasteiger partial charge in [-0.25, -0.2) is 8.42 Å². The minimum absolute atomic E-state index is 0.0137. The monoisotopic (exact) mass is 613 g/mol. The van der Waals surface area contributed by atoms with E-state index in [1.165, 1.54) is 29.2 Å². The lowest BCUT2D eigenvalue weighted by molar-refractivity contribution is -0.140. The first kappa shape index (κ1) is 32.9. The van der Waals surface area contributed by atoms with E-state index in [0.29, 0.717) is 23.8 Å². The van der Waals surface area contributed by atoms with Crippen LogP contribution in [-0.4, -0.2) is 50.4 Å². The molecule has 0 bridgehead atoms. The van der Waals surface area contributed by atoms with Gasteiger partial charge in [0.15, 0.2) is 0 Å². The summed E-state index contributed by atoms with van der Waals surface area (Å²) >= 11 is 6.02. The van der Waals surface area contributed by atoms with Crippen molar-refractivity contribution >= 4 is 39.1 Å². The molecule has 0 radical (unpaired) electrons. The number of nitrogens with one attached hydrogen (secondary N) is 1. The second kappa shape index (κ2) is 15.1. The number of carbonyl (C=O) groups excluding carboxylic acids is 2. The molecular weight excluding hydrogens is 574 g/mol. The molecule has 0 spiro atoms. The molecule has 0 aromatic heterocycles. The molecule has 0 fully saturated rings. The summed E-state index contributed by atoms with van der Waals surface area (Å²) < 4.78 is 34.5. The van der Waals surface area contributed by atoms with Gasteiger partial charge >= 0.3 is 0 Å². The van der Waals surface area contributed by atoms with Crippen molar-refractivity contribution in [2.24, 2.45) is 0 Å². The molecule has 3 aromatic carbocycles. The van der Waals surface area contributed by atoms with Gasteiger partial charge in [0.1, 0.15) is 18.3 Å². The Morgan fingerprint density at radius 2 is 1.52 bits per heavy atom. The fourth-order valence-corrected chi connectivity index (χ4v) is 5.93. The average molecular weight is 614 g/mol. The number of amides is 2. The van der Waals surface area contributed by atoms with Gasteiger partial charge < -0.3 is 15.0 Å². The molecule has 0 saturated heterocycles. The fourth-order valence-electron chi connectivity index (χ4n) is 4.39. The molecule has 3 aromatic rings. The van der Waals surface area contributed by atoms with Crippen molar-refractivity contribution in [3.63, 3.8) is 0 Å². The van der Waals surface area contributed by atoms with Crippen LogP contribution in [0.15, 0.2) is 77.7 Å². The number of rotatable bonds is 14. The number of sulfonamides is 1. The second-order valence-corrected chi connectivity index (χ2v) is 12.4. The van der Waals surface area contributed by atoms with Gasteiger partial charge in [0.25, 0.3) is 10.0 Å². The van der Waals surface area contributed by atoms with E-state index < -0.39 is 28.5 Å². The van der Waals surface area contributed by atoms with E-state index >= 15 is 0 Å². The topological polar surface area (TPSA) is 96.0 Å². The summed E-state index contributed by atoms with van der Waals surface area (Å²) in [5.41, 5.74) is 2.18. The molecule has 3 rings (SSSR count). The molecule has 0 aliphatic heterocycles. The molecule has 226 valence electrons. The Kier molecular flexibility index (Phi) is 11.8. The molecule has 0 aliphatic rings. The van der Waals surface area contributed by atoms with Gasteiger partial charge in [0.05, 0.1) is 17.2 Å². The SMILES string of the molecule is CCOc1ccc(N(CC(=O)N(Cc2ccc(C)cc2)[C@H](CC)C(=O)N[C@H](C)CC)S(=O)(=O)c2ccc(Cl)cc2)cc1. The van der Waals surface area contributed by atoms with E-state index in [1.54, 1.807) is 24.3 Å². The third-order valence-electron chi connectivity index (χ3n) is 6.98. The van der Waals surface area contributed by atoms with Crippen molar-refractivity contribution in [2.45, 2.75) is 71.0 Å². The van der Waals surface area contributed by atoms with Crippen LogP contribution < -0.4 is 14.4 Å². The minimum atomic E-state index is -4.19. The summed E-state index contributed by atoms with van der Waals surface area (Å²) in [5.74, 6) is -0.209. The number of hydrogen-bond donors (Lipinski definition) is 1. The van der Waals surface area contributed by atoms with Crippen molar-refractivity contribution in [1.82, 2.24) is 10.2 Å². The van der Waals surface area contributed by atoms with E-state index in [0.717, 1.165) is 21.9 Å². The Balaban J connectivity index is 2.05. The van der Waals surface area contributed by atoms with Crippen LogP contribution >= 0.6 is 11.6 Å². The average Bonchev–Trinajstić information content (AvgIpc) is 2.97. The molecule has 2 atom stereocenters. The van der Waals surface area contributed by atoms with Gasteiger partial charge in [-0.15, -0.1) is 0 Å². The highest BCUT2D eigenvalue weighted by atomic mass is 35.5. The second-order valence-electron chi connectivity index (χ2n) is 10.1. The molecule has 2 amide bonds. The maximum absolute atomic E-state index is 14.2. The van der Waals surface area contributed by atoms with Crippen molar-refractivity contribution in [2.75, 3.05) is 17.5 Å². The number of aryl methyl sites for hydroxylation is 1. The number of anilines is 1. The zero-order valence-electron chi connectivity index (χ0n) is 24.8. The number of nitrogens with zero attached hydrogens (tertiary/aromatic N) is 2. The maximum Gasteiger partial charge on any atom is 0.264 e. The number of ether oxygens (including phenoxy) is 1. The van der Waals surface area contributed by atoms with E-state index in [4.69, 9.17) is 16.3 Å². The lowest BCUT2D eigenvalue weighted by Gasteiger charge is -2.33. The van der Waals surface area contributed by atoms with Gasteiger partial charge in [0, 0.05) is 17.6 Å². The number of halogens is 1. The molecule has 0 heterocycles. The Morgan fingerprint density at radius 1 is 0.905 bits per heavy atom. The first-order valence-corrected chi connectivity index (χ1v) is 16.0. The lowest BCUT2D eigenvalue weighted by atomic mass is 10.1. The van der Waals surface area contributed by atoms with Gasteiger partial charge in [-0.05, 0) is 87.7 Å². The molecule has 0 aliphatic carbocycles. The standard InChI is InChI=1S/C32H40ClN3O5S/c1-6-24(5)34-32(38)30(7-2)35(21-25-11-9-23(4)10-12-25)31(37)22-36(27-15-17-28(18-16-27)41-8-3)42(39,40)29-19-13-26(33)14-20-29/h9-20,24,30H,6-8,21-22H2,1-5H3,(H,34,38)/t24-,30-/m1/s1. The van der Waals surface area contributed by atoms with Crippen LogP contribution in [-0.2, 0) is 26.2 Å². The smallest absolute Gasteiger partial charge is 0.264 e. The number of hydrogen-bond acceptors (Lipinski definition) is 5. The summed E-state index contributed by atoms with van der Waals surface area (Å²) in [6, 6.07) is 19.1. The van der Waals surface area contributed by atoms with Crippen LogP contribution in [0.5, 0.6) is 5.75 Å². The van der Waals surface area contributed by atoms with Crippen LogP contribution in [0.3, 0.4) is 0 Å². The molecular formula is C32H40ClN3O5S. The molecule has 0 unspecified atom stereocenters. The molecule has 10 heteroatoms. The van der Waals surface area contributed by atoms with Crippen molar-refractivity contribution in [3.8, 4) is 5.75 Å². The lowest BCUT2D eigenvalue weighted by Crippen LogP contribution is -2.53. The highest BCUT2D eigenvalue weighted by Crippen LogP contribution is 2.27. The van der Waals surface area contributed by atoms with Gasteiger partial charge in [0.2, 0.25) is 11.8 Å². The van der Waals surface area contributed by atoms with Gasteiger partial charge in [-0.1, -0.05) is 55.3 Å². The summed E-state index contributed by atoms with van der Waals surface area (Å²) in [6.07, 6.45) is 1.09. The van der Waals surface area contributed by atoms with Crippen LogP contribution in [0.1, 0.15) is 51.7 Å². The summed E-state index contributed by atoms with van der Waals surface area (Å²) in [6.45, 7) is 9.62. The van der Waals surface area contributed by atoms with Crippen LogP contribution in [0, 0.1) is 6.92 Å². The van der Waals surface area contributed by atoms with Crippen LogP contribution in [0.4, 0.5) is 5.69 Å². The Hall–Kier alpha value is -3.56. The first-order valence-electron chi connectivity index (χ1n) is 14.2. The van der Waals surface area contributed by atoms with Gasteiger partial charge in [-0.2, -0.15) is 0 Å².